The van der Waals surface area contributed by atoms with Crippen LogP contribution in [0.15, 0.2) is 48.5 Å². The molecule has 2 rings (SSSR count). The summed E-state index contributed by atoms with van der Waals surface area (Å²) in [4.78, 5) is 0. The van der Waals surface area contributed by atoms with Crippen LogP contribution in [0, 0.1) is 6.92 Å². The van der Waals surface area contributed by atoms with Gasteiger partial charge in [0, 0.05) is 10.7 Å². The van der Waals surface area contributed by atoms with E-state index in [0.717, 1.165) is 11.4 Å². The fourth-order valence-corrected chi connectivity index (χ4v) is 2.02. The molecular formula is C16H17ClN2OS. The van der Waals surface area contributed by atoms with Gasteiger partial charge in [0.2, 0.25) is 0 Å². The Balaban J connectivity index is 1.67. The van der Waals surface area contributed by atoms with Gasteiger partial charge in [0.25, 0.3) is 0 Å². The highest BCUT2D eigenvalue weighted by Gasteiger charge is 1.98. The molecule has 0 radical (unpaired) electrons. The standard InChI is InChI=1S/C16H17ClN2OS/c1-12-2-6-14(7-3-12)19-16(21)18-10-11-20-15-8-4-13(17)5-9-15/h2-9H,10-11H2,1H3,(H2,18,19,21). The number of anilines is 1. The van der Waals surface area contributed by atoms with E-state index in [9.17, 15) is 0 Å². The Kier molecular flexibility index (Phi) is 5.84. The quantitative estimate of drug-likeness (QED) is 0.644. The first-order valence-corrected chi connectivity index (χ1v) is 7.42. The number of benzene rings is 2. The first kappa shape index (κ1) is 15.6. The summed E-state index contributed by atoms with van der Waals surface area (Å²) in [5.41, 5.74) is 2.19. The fraction of sp³-hybridized carbons (Fsp3) is 0.188. The van der Waals surface area contributed by atoms with Gasteiger partial charge in [-0.2, -0.15) is 0 Å². The molecule has 0 aliphatic rings. The molecule has 0 fully saturated rings. The van der Waals surface area contributed by atoms with Crippen molar-refractivity contribution in [3.63, 3.8) is 0 Å². The topological polar surface area (TPSA) is 33.3 Å². The Morgan fingerprint density at radius 2 is 1.76 bits per heavy atom. The minimum absolute atomic E-state index is 0.525. The van der Waals surface area contributed by atoms with Crippen molar-refractivity contribution in [2.45, 2.75) is 6.92 Å². The third-order valence-electron chi connectivity index (χ3n) is 2.78. The van der Waals surface area contributed by atoms with Crippen LogP contribution >= 0.6 is 23.8 Å². The fourth-order valence-electron chi connectivity index (χ4n) is 1.68. The van der Waals surface area contributed by atoms with Crippen LogP contribution in [0.4, 0.5) is 5.69 Å². The molecule has 0 aliphatic heterocycles. The van der Waals surface area contributed by atoms with Crippen LogP contribution < -0.4 is 15.4 Å². The molecule has 0 atom stereocenters. The number of ether oxygens (including phenoxy) is 1. The van der Waals surface area contributed by atoms with Gasteiger partial charge in [0.15, 0.2) is 5.11 Å². The SMILES string of the molecule is Cc1ccc(NC(=S)NCCOc2ccc(Cl)cc2)cc1. The summed E-state index contributed by atoms with van der Waals surface area (Å²) < 4.78 is 5.57. The predicted molar refractivity (Wildman–Crippen MR) is 92.3 cm³/mol. The number of halogens is 1. The minimum atomic E-state index is 0.525. The molecule has 0 aromatic heterocycles. The Hall–Kier alpha value is -1.78. The van der Waals surface area contributed by atoms with Crippen LogP contribution in [0.25, 0.3) is 0 Å². The summed E-state index contributed by atoms with van der Waals surface area (Å²) in [6.45, 7) is 3.20. The van der Waals surface area contributed by atoms with E-state index in [1.54, 1.807) is 12.1 Å². The summed E-state index contributed by atoms with van der Waals surface area (Å²) in [6, 6.07) is 15.3. The molecule has 0 saturated carbocycles. The van der Waals surface area contributed by atoms with Crippen LogP contribution in [0.2, 0.25) is 5.02 Å². The van der Waals surface area contributed by atoms with Gasteiger partial charge in [-0.1, -0.05) is 29.3 Å². The molecule has 0 unspecified atom stereocenters. The highest BCUT2D eigenvalue weighted by atomic mass is 35.5. The van der Waals surface area contributed by atoms with E-state index in [4.69, 9.17) is 28.6 Å². The smallest absolute Gasteiger partial charge is 0.170 e. The van der Waals surface area contributed by atoms with Gasteiger partial charge in [-0.3, -0.25) is 0 Å². The second-order valence-corrected chi connectivity index (χ2v) is 5.39. The summed E-state index contributed by atoms with van der Waals surface area (Å²) in [6.07, 6.45) is 0. The van der Waals surface area contributed by atoms with Gasteiger partial charge >= 0.3 is 0 Å². The van der Waals surface area contributed by atoms with Crippen LogP contribution in [0.3, 0.4) is 0 Å². The number of nitrogens with one attached hydrogen (secondary N) is 2. The lowest BCUT2D eigenvalue weighted by molar-refractivity contribution is 0.323. The molecule has 0 saturated heterocycles. The monoisotopic (exact) mass is 320 g/mol. The summed E-state index contributed by atoms with van der Waals surface area (Å²) in [7, 11) is 0. The Bertz CT molecular complexity index is 584. The number of hydrogen-bond donors (Lipinski definition) is 2. The largest absolute Gasteiger partial charge is 0.492 e. The number of hydrogen-bond acceptors (Lipinski definition) is 2. The maximum Gasteiger partial charge on any atom is 0.170 e. The molecule has 0 spiro atoms. The zero-order chi connectivity index (χ0) is 15.1. The molecule has 3 nitrogen and oxygen atoms in total. The molecular weight excluding hydrogens is 304 g/mol. The van der Waals surface area contributed by atoms with E-state index in [0.29, 0.717) is 23.3 Å². The Morgan fingerprint density at radius 1 is 1.10 bits per heavy atom. The average molecular weight is 321 g/mol. The molecule has 2 aromatic carbocycles. The summed E-state index contributed by atoms with van der Waals surface area (Å²) in [5, 5.41) is 7.50. The lowest BCUT2D eigenvalue weighted by Crippen LogP contribution is -2.31. The molecule has 0 bridgehead atoms. The maximum atomic E-state index is 5.81. The zero-order valence-electron chi connectivity index (χ0n) is 11.7. The van der Waals surface area contributed by atoms with Crippen molar-refractivity contribution in [2.24, 2.45) is 0 Å². The average Bonchev–Trinajstić information content (AvgIpc) is 2.48. The van der Waals surface area contributed by atoms with Gasteiger partial charge in [-0.05, 0) is 55.5 Å². The van der Waals surface area contributed by atoms with Crippen LogP contribution in [0.1, 0.15) is 5.56 Å². The highest BCUT2D eigenvalue weighted by Crippen LogP contribution is 2.15. The molecule has 0 amide bonds. The van der Waals surface area contributed by atoms with Crippen LogP contribution in [-0.2, 0) is 0 Å². The number of rotatable bonds is 5. The Morgan fingerprint density at radius 3 is 2.43 bits per heavy atom. The lowest BCUT2D eigenvalue weighted by Gasteiger charge is -2.11. The van der Waals surface area contributed by atoms with Crippen molar-refractivity contribution in [2.75, 3.05) is 18.5 Å². The minimum Gasteiger partial charge on any atom is -0.492 e. The van der Waals surface area contributed by atoms with Gasteiger partial charge in [0.1, 0.15) is 12.4 Å². The third-order valence-corrected chi connectivity index (χ3v) is 3.28. The van der Waals surface area contributed by atoms with E-state index < -0.39 is 0 Å². The van der Waals surface area contributed by atoms with Crippen molar-refractivity contribution in [1.29, 1.82) is 0 Å². The summed E-state index contributed by atoms with van der Waals surface area (Å²) >= 11 is 11.0. The molecule has 2 N–H and O–H groups in total. The van der Waals surface area contributed by atoms with Crippen molar-refractivity contribution in [3.8, 4) is 5.75 Å². The molecule has 110 valence electrons. The first-order chi connectivity index (χ1) is 10.1. The number of aryl methyl sites for hydroxylation is 1. The lowest BCUT2D eigenvalue weighted by atomic mass is 10.2. The normalized spacial score (nSPS) is 10.0. The first-order valence-electron chi connectivity index (χ1n) is 6.63. The van der Waals surface area contributed by atoms with Crippen molar-refractivity contribution in [3.05, 3.63) is 59.1 Å². The summed E-state index contributed by atoms with van der Waals surface area (Å²) in [5.74, 6) is 0.790. The van der Waals surface area contributed by atoms with E-state index in [1.165, 1.54) is 5.56 Å². The molecule has 2 aromatic rings. The second kappa shape index (κ2) is 7.86. The zero-order valence-corrected chi connectivity index (χ0v) is 13.3. The molecule has 5 heteroatoms. The molecule has 0 heterocycles. The van der Waals surface area contributed by atoms with Crippen LogP contribution in [0.5, 0.6) is 5.75 Å². The van der Waals surface area contributed by atoms with Crippen LogP contribution in [-0.4, -0.2) is 18.3 Å². The number of thiocarbonyl (C=S) groups is 1. The van der Waals surface area contributed by atoms with E-state index >= 15 is 0 Å². The third kappa shape index (κ3) is 5.61. The highest BCUT2D eigenvalue weighted by molar-refractivity contribution is 7.80. The predicted octanol–water partition coefficient (Wildman–Crippen LogP) is 4.01. The van der Waals surface area contributed by atoms with Gasteiger partial charge in [0.05, 0.1) is 6.54 Å². The van der Waals surface area contributed by atoms with Crippen molar-refractivity contribution >= 4 is 34.6 Å². The Labute approximate surface area is 135 Å². The van der Waals surface area contributed by atoms with E-state index in [-0.39, 0.29) is 0 Å². The van der Waals surface area contributed by atoms with Gasteiger partial charge in [-0.15, -0.1) is 0 Å². The van der Waals surface area contributed by atoms with Crippen molar-refractivity contribution in [1.82, 2.24) is 5.32 Å². The van der Waals surface area contributed by atoms with Gasteiger partial charge in [-0.25, -0.2) is 0 Å². The van der Waals surface area contributed by atoms with E-state index in [2.05, 4.69) is 17.6 Å². The molecule has 0 aliphatic carbocycles. The van der Waals surface area contributed by atoms with E-state index in [1.807, 2.05) is 36.4 Å². The second-order valence-electron chi connectivity index (χ2n) is 4.55. The van der Waals surface area contributed by atoms with Crippen molar-refractivity contribution < 1.29 is 4.74 Å². The maximum absolute atomic E-state index is 5.81. The molecule has 21 heavy (non-hydrogen) atoms. The van der Waals surface area contributed by atoms with Gasteiger partial charge < -0.3 is 15.4 Å².